The van der Waals surface area contributed by atoms with Gasteiger partial charge in [0.15, 0.2) is 5.78 Å². The number of rotatable bonds is 3. The number of amides is 2. The number of urea groups is 1. The molecule has 2 saturated heterocycles. The van der Waals surface area contributed by atoms with E-state index in [4.69, 9.17) is 0 Å². The predicted octanol–water partition coefficient (Wildman–Crippen LogP) is 2.92. The third-order valence-corrected chi connectivity index (χ3v) is 6.11. The predicted molar refractivity (Wildman–Crippen MR) is 111 cm³/mol. The lowest BCUT2D eigenvalue weighted by Gasteiger charge is -2.32. The van der Waals surface area contributed by atoms with Crippen molar-refractivity contribution in [3.05, 3.63) is 53.1 Å². The number of aromatic nitrogens is 2. The van der Waals surface area contributed by atoms with E-state index in [-0.39, 0.29) is 35.5 Å². The number of halogens is 1. The number of Topliss-reactive ketones (excluding diaryl/α,β-unsaturated/α-hetero) is 1. The van der Waals surface area contributed by atoms with Gasteiger partial charge >= 0.3 is 6.03 Å². The van der Waals surface area contributed by atoms with Crippen molar-refractivity contribution >= 4 is 17.8 Å². The van der Waals surface area contributed by atoms with Gasteiger partial charge in [-0.1, -0.05) is 12.1 Å². The molecule has 0 unspecified atom stereocenters. The average Bonchev–Trinajstić information content (AvgIpc) is 3.24. The van der Waals surface area contributed by atoms with Gasteiger partial charge in [0.25, 0.3) is 0 Å². The normalized spacial score (nSPS) is 22.9. The van der Waals surface area contributed by atoms with Crippen LogP contribution in [0.25, 0.3) is 0 Å². The molecule has 2 aliphatic rings. The summed E-state index contributed by atoms with van der Waals surface area (Å²) >= 11 is 0. The van der Waals surface area contributed by atoms with Crippen LogP contribution in [0.5, 0.6) is 0 Å². The van der Waals surface area contributed by atoms with Crippen molar-refractivity contribution < 1.29 is 14.0 Å². The number of hydrogen-bond donors (Lipinski definition) is 0. The molecular weight excluding hydrogens is 385 g/mol. The molecule has 0 N–H and O–H groups in total. The van der Waals surface area contributed by atoms with Gasteiger partial charge in [0.05, 0.1) is 17.3 Å². The maximum Gasteiger partial charge on any atom is 0.320 e. The number of carbonyl (C=O) groups is 2. The molecule has 0 aliphatic carbocycles. The van der Waals surface area contributed by atoms with Crippen molar-refractivity contribution in [3.63, 3.8) is 0 Å². The topological polar surface area (TPSA) is 69.6 Å². The summed E-state index contributed by atoms with van der Waals surface area (Å²) < 4.78 is 14.0. The monoisotopic (exact) mass is 411 g/mol. The van der Waals surface area contributed by atoms with E-state index in [1.54, 1.807) is 31.3 Å². The van der Waals surface area contributed by atoms with Crippen molar-refractivity contribution in [2.45, 2.75) is 19.9 Å². The minimum Gasteiger partial charge on any atom is -0.340 e. The zero-order valence-corrected chi connectivity index (χ0v) is 17.7. The highest BCUT2D eigenvalue weighted by Gasteiger charge is 2.50. The van der Waals surface area contributed by atoms with Crippen LogP contribution in [-0.2, 0) is 0 Å². The quantitative estimate of drug-likeness (QED) is 0.727. The highest BCUT2D eigenvalue weighted by molar-refractivity contribution is 5.94. The highest BCUT2D eigenvalue weighted by atomic mass is 19.1. The number of anilines is 1. The molecule has 0 radical (unpaired) electrons. The summed E-state index contributed by atoms with van der Waals surface area (Å²) in [7, 11) is 3.47. The zero-order chi connectivity index (χ0) is 21.6. The Morgan fingerprint density at radius 2 is 1.97 bits per heavy atom. The van der Waals surface area contributed by atoms with E-state index in [0.717, 1.165) is 5.56 Å². The molecule has 8 heteroatoms. The Kier molecular flexibility index (Phi) is 5.17. The van der Waals surface area contributed by atoms with Gasteiger partial charge in [0, 0.05) is 51.8 Å². The molecule has 0 saturated carbocycles. The third-order valence-electron chi connectivity index (χ3n) is 6.11. The number of aryl methyl sites for hydroxylation is 1. The standard InChI is InChI=1S/C22H26FN5O2/c1-13-18(14(2)29)9-24-21(25-13)27-10-16-11-28(22(30)26(3)4)20(19(16)12-27)15-6-5-7-17(23)8-15/h5-9,16,19-20H,10-12H2,1-4H3/t16-,19-,20-/m1/s1. The fourth-order valence-electron chi connectivity index (χ4n) is 4.73. The summed E-state index contributed by atoms with van der Waals surface area (Å²) in [5.74, 6) is 0.615. The Labute approximate surface area is 175 Å². The van der Waals surface area contributed by atoms with E-state index in [2.05, 4.69) is 14.9 Å². The van der Waals surface area contributed by atoms with Gasteiger partial charge in [-0.25, -0.2) is 19.2 Å². The molecule has 30 heavy (non-hydrogen) atoms. The number of fused-ring (bicyclic) bond motifs is 1. The van der Waals surface area contributed by atoms with Gasteiger partial charge < -0.3 is 14.7 Å². The molecule has 0 bridgehead atoms. The number of ketones is 1. The van der Waals surface area contributed by atoms with E-state index in [1.807, 2.05) is 17.9 Å². The maximum absolute atomic E-state index is 14.0. The number of hydrogen-bond acceptors (Lipinski definition) is 5. The molecule has 7 nitrogen and oxygen atoms in total. The van der Waals surface area contributed by atoms with Gasteiger partial charge in [-0.3, -0.25) is 4.79 Å². The van der Waals surface area contributed by atoms with Crippen molar-refractivity contribution in [2.75, 3.05) is 38.6 Å². The van der Waals surface area contributed by atoms with Gasteiger partial charge in [-0.15, -0.1) is 0 Å². The van der Waals surface area contributed by atoms with E-state index in [1.165, 1.54) is 19.1 Å². The third kappa shape index (κ3) is 3.51. The van der Waals surface area contributed by atoms with E-state index < -0.39 is 0 Å². The number of likely N-dealkylation sites (tertiary alicyclic amines) is 1. The maximum atomic E-state index is 14.0. The Bertz CT molecular complexity index is 995. The molecule has 0 spiro atoms. The second-order valence-corrected chi connectivity index (χ2v) is 8.38. The van der Waals surface area contributed by atoms with Crippen LogP contribution in [0.4, 0.5) is 15.1 Å². The average molecular weight is 411 g/mol. The molecule has 2 fully saturated rings. The largest absolute Gasteiger partial charge is 0.340 e. The van der Waals surface area contributed by atoms with Crippen molar-refractivity contribution in [2.24, 2.45) is 11.8 Å². The molecule has 3 heterocycles. The minimum atomic E-state index is -0.304. The summed E-state index contributed by atoms with van der Waals surface area (Å²) in [6.07, 6.45) is 1.58. The molecule has 158 valence electrons. The second kappa shape index (κ2) is 7.66. The number of nitrogens with zero attached hydrogens (tertiary/aromatic N) is 5. The molecule has 1 aromatic carbocycles. The van der Waals surface area contributed by atoms with E-state index in [9.17, 15) is 14.0 Å². The molecule has 4 rings (SSSR count). The van der Waals surface area contributed by atoms with Gasteiger partial charge in [0.2, 0.25) is 5.95 Å². The Morgan fingerprint density at radius 3 is 2.60 bits per heavy atom. The molecule has 3 atom stereocenters. The van der Waals surface area contributed by atoms with E-state index in [0.29, 0.717) is 36.8 Å². The molecule has 2 aromatic rings. The van der Waals surface area contributed by atoms with E-state index >= 15 is 0 Å². The number of carbonyl (C=O) groups excluding carboxylic acids is 2. The van der Waals surface area contributed by atoms with Crippen LogP contribution in [0.3, 0.4) is 0 Å². The van der Waals surface area contributed by atoms with Crippen LogP contribution in [0.1, 0.15) is 34.6 Å². The fourth-order valence-corrected chi connectivity index (χ4v) is 4.73. The lowest BCUT2D eigenvalue weighted by Crippen LogP contribution is -2.41. The van der Waals surface area contributed by atoms with Gasteiger partial charge in [0.1, 0.15) is 5.82 Å². The van der Waals surface area contributed by atoms with Crippen LogP contribution >= 0.6 is 0 Å². The summed E-state index contributed by atoms with van der Waals surface area (Å²) in [5.41, 5.74) is 2.00. The SMILES string of the molecule is CC(=O)c1cnc(N2C[C@@H]3CN(C(=O)N(C)C)[C@H](c4cccc(F)c4)[C@@H]3C2)nc1C. The van der Waals surface area contributed by atoms with Crippen LogP contribution in [0.2, 0.25) is 0 Å². The smallest absolute Gasteiger partial charge is 0.320 e. The highest BCUT2D eigenvalue weighted by Crippen LogP contribution is 2.46. The Hall–Kier alpha value is -3.03. The molecule has 1 aromatic heterocycles. The van der Waals surface area contributed by atoms with Crippen LogP contribution in [0.15, 0.2) is 30.5 Å². The minimum absolute atomic E-state index is 0.0543. The zero-order valence-electron chi connectivity index (χ0n) is 17.7. The fraction of sp³-hybridized carbons (Fsp3) is 0.455. The van der Waals surface area contributed by atoms with Crippen LogP contribution in [0, 0.1) is 24.6 Å². The Balaban J connectivity index is 1.63. The van der Waals surface area contributed by atoms with Crippen molar-refractivity contribution in [1.82, 2.24) is 19.8 Å². The van der Waals surface area contributed by atoms with Crippen molar-refractivity contribution in [1.29, 1.82) is 0 Å². The summed E-state index contributed by atoms with van der Waals surface area (Å²) in [6.45, 7) is 5.30. The summed E-state index contributed by atoms with van der Waals surface area (Å²) in [6, 6.07) is 6.25. The first-order chi connectivity index (χ1) is 14.3. The van der Waals surface area contributed by atoms with Gasteiger partial charge in [-0.2, -0.15) is 0 Å². The molecular formula is C22H26FN5O2. The first-order valence-corrected chi connectivity index (χ1v) is 10.1. The second-order valence-electron chi connectivity index (χ2n) is 8.38. The first-order valence-electron chi connectivity index (χ1n) is 10.1. The Morgan fingerprint density at radius 1 is 1.20 bits per heavy atom. The van der Waals surface area contributed by atoms with Crippen LogP contribution in [-0.4, -0.2) is 65.3 Å². The van der Waals surface area contributed by atoms with Gasteiger partial charge in [-0.05, 0) is 31.5 Å². The first kappa shape index (κ1) is 20.3. The number of benzene rings is 1. The summed E-state index contributed by atoms with van der Waals surface area (Å²) in [5, 5.41) is 0. The molecule has 2 aliphatic heterocycles. The molecule has 2 amide bonds. The van der Waals surface area contributed by atoms with Crippen LogP contribution < -0.4 is 4.90 Å². The van der Waals surface area contributed by atoms with Crippen molar-refractivity contribution in [3.8, 4) is 0 Å². The summed E-state index contributed by atoms with van der Waals surface area (Å²) in [4.78, 5) is 39.0. The lowest BCUT2D eigenvalue weighted by atomic mass is 9.89. The lowest BCUT2D eigenvalue weighted by molar-refractivity contribution is 0.101.